The highest BCUT2D eigenvalue weighted by Crippen LogP contribution is 2.40. The zero-order valence-electron chi connectivity index (χ0n) is 14.3. The number of benzene rings is 2. The van der Waals surface area contributed by atoms with Gasteiger partial charge in [0.05, 0.1) is 5.69 Å². The van der Waals surface area contributed by atoms with E-state index in [0.29, 0.717) is 18.2 Å². The number of carboxylic acids is 1. The van der Waals surface area contributed by atoms with E-state index in [-0.39, 0.29) is 0 Å². The summed E-state index contributed by atoms with van der Waals surface area (Å²) in [5.41, 5.74) is 3.19. The highest BCUT2D eigenvalue weighted by molar-refractivity contribution is 6.30. The topological polar surface area (TPSA) is 61.8 Å². The summed E-state index contributed by atoms with van der Waals surface area (Å²) in [4.78, 5) is 12.7. The maximum atomic E-state index is 10.4. The second-order valence-electron chi connectivity index (χ2n) is 5.98. The van der Waals surface area contributed by atoms with Crippen LogP contribution in [0.3, 0.4) is 0 Å². The Bertz CT molecular complexity index is 807. The zero-order chi connectivity index (χ0) is 18.4. The first-order valence-corrected chi connectivity index (χ1v) is 8.91. The normalized spacial score (nSPS) is 13.0. The van der Waals surface area contributed by atoms with Crippen LogP contribution in [-0.4, -0.2) is 30.7 Å². The summed E-state index contributed by atoms with van der Waals surface area (Å²) < 4.78 is 5.96. The first-order valence-electron chi connectivity index (χ1n) is 8.53. The number of hydrogen-bond donors (Lipinski definition) is 2. The average Bonchev–Trinajstić information content (AvgIpc) is 2.78. The van der Waals surface area contributed by atoms with Crippen LogP contribution in [0.1, 0.15) is 12.0 Å². The van der Waals surface area contributed by atoms with E-state index in [4.69, 9.17) is 21.4 Å². The molecule has 5 nitrogen and oxygen atoms in total. The van der Waals surface area contributed by atoms with Gasteiger partial charge in [0, 0.05) is 35.4 Å². The fraction of sp³-hybridized carbons (Fsp3) is 0.250. The van der Waals surface area contributed by atoms with E-state index >= 15 is 0 Å². The molecule has 2 N–H and O–H groups in total. The molecular weight excluding hydrogens is 352 g/mol. The molecule has 2 aromatic carbocycles. The minimum atomic E-state index is -0.929. The second kappa shape index (κ2) is 8.74. The van der Waals surface area contributed by atoms with Crippen LogP contribution >= 0.6 is 11.6 Å². The SMILES string of the molecule is O=C(O)/C=C/CNCCCN1c2cc(Cl)ccc2COc2ccccc21. The van der Waals surface area contributed by atoms with Crippen LogP contribution in [0, 0.1) is 0 Å². The average molecular weight is 373 g/mol. The van der Waals surface area contributed by atoms with Gasteiger partial charge in [-0.25, -0.2) is 4.79 Å². The van der Waals surface area contributed by atoms with E-state index in [0.717, 1.165) is 48.3 Å². The number of carbonyl (C=O) groups is 1. The van der Waals surface area contributed by atoms with Gasteiger partial charge >= 0.3 is 5.97 Å². The molecule has 3 rings (SSSR count). The molecule has 1 aliphatic heterocycles. The summed E-state index contributed by atoms with van der Waals surface area (Å²) >= 11 is 6.23. The molecule has 136 valence electrons. The molecular formula is C20H21ClN2O3. The molecule has 26 heavy (non-hydrogen) atoms. The van der Waals surface area contributed by atoms with Crippen LogP contribution in [0.5, 0.6) is 5.75 Å². The first kappa shape index (κ1) is 18.3. The summed E-state index contributed by atoms with van der Waals surface area (Å²) in [6.45, 7) is 2.62. The van der Waals surface area contributed by atoms with Crippen LogP contribution in [0.25, 0.3) is 0 Å². The molecule has 1 heterocycles. The van der Waals surface area contributed by atoms with Crippen molar-refractivity contribution in [1.29, 1.82) is 0 Å². The second-order valence-corrected chi connectivity index (χ2v) is 6.42. The number of halogens is 1. The van der Waals surface area contributed by atoms with Gasteiger partial charge in [0.25, 0.3) is 0 Å². The zero-order valence-corrected chi connectivity index (χ0v) is 15.1. The fourth-order valence-electron chi connectivity index (χ4n) is 2.95. The maximum absolute atomic E-state index is 10.4. The third-order valence-electron chi connectivity index (χ3n) is 4.14. The summed E-state index contributed by atoms with van der Waals surface area (Å²) in [5, 5.41) is 12.5. The van der Waals surface area contributed by atoms with Gasteiger partial charge in [-0.1, -0.05) is 35.9 Å². The molecule has 0 atom stereocenters. The van der Waals surface area contributed by atoms with Crippen LogP contribution in [0.15, 0.2) is 54.6 Å². The van der Waals surface area contributed by atoms with E-state index < -0.39 is 5.97 Å². The lowest BCUT2D eigenvalue weighted by molar-refractivity contribution is -0.131. The largest absolute Gasteiger partial charge is 0.487 e. The molecule has 6 heteroatoms. The first-order chi connectivity index (χ1) is 12.6. The van der Waals surface area contributed by atoms with Gasteiger partial charge < -0.3 is 20.1 Å². The van der Waals surface area contributed by atoms with Crippen molar-refractivity contribution in [2.24, 2.45) is 0 Å². The van der Waals surface area contributed by atoms with Crippen molar-refractivity contribution >= 4 is 28.9 Å². The molecule has 2 aromatic rings. The summed E-state index contributed by atoms with van der Waals surface area (Å²) in [5.74, 6) is -0.0707. The van der Waals surface area contributed by atoms with E-state index in [9.17, 15) is 4.79 Å². The van der Waals surface area contributed by atoms with Gasteiger partial charge in [-0.15, -0.1) is 0 Å². The molecule has 0 saturated heterocycles. The molecule has 0 unspecified atom stereocenters. The molecule has 0 aliphatic carbocycles. The molecule has 1 aliphatic rings. The standard InChI is InChI=1S/C20H21ClN2O3/c21-16-9-8-15-14-26-19-6-2-1-5-17(19)23(18(15)13-16)12-4-11-22-10-3-7-20(24)25/h1-3,5-9,13,22H,4,10-12,14H2,(H,24,25)/b7-3+. The summed E-state index contributed by atoms with van der Waals surface area (Å²) in [6.07, 6.45) is 3.64. The van der Waals surface area contributed by atoms with Crippen molar-refractivity contribution in [3.05, 3.63) is 65.2 Å². The van der Waals surface area contributed by atoms with Crippen LogP contribution in [-0.2, 0) is 11.4 Å². The number of anilines is 2. The van der Waals surface area contributed by atoms with Gasteiger partial charge in [-0.3, -0.25) is 0 Å². The van der Waals surface area contributed by atoms with Crippen LogP contribution in [0.2, 0.25) is 5.02 Å². The third-order valence-corrected chi connectivity index (χ3v) is 4.37. The van der Waals surface area contributed by atoms with E-state index in [1.165, 1.54) is 0 Å². The number of para-hydroxylation sites is 2. The third kappa shape index (κ3) is 4.56. The molecule has 0 spiro atoms. The lowest BCUT2D eigenvalue weighted by atomic mass is 10.1. The minimum Gasteiger partial charge on any atom is -0.487 e. The molecule has 0 amide bonds. The number of aliphatic carboxylic acids is 1. The minimum absolute atomic E-state index is 0.512. The number of rotatable bonds is 7. The Hall–Kier alpha value is -2.50. The van der Waals surface area contributed by atoms with Crippen molar-refractivity contribution in [2.75, 3.05) is 24.5 Å². The Morgan fingerprint density at radius 3 is 2.96 bits per heavy atom. The Kier molecular flexibility index (Phi) is 6.15. The molecule has 0 radical (unpaired) electrons. The molecule has 0 saturated carbocycles. The van der Waals surface area contributed by atoms with Gasteiger partial charge in [0.2, 0.25) is 0 Å². The van der Waals surface area contributed by atoms with Gasteiger partial charge in [-0.05, 0) is 37.2 Å². The van der Waals surface area contributed by atoms with Crippen LogP contribution in [0.4, 0.5) is 11.4 Å². The number of fused-ring (bicyclic) bond motifs is 2. The summed E-state index contributed by atoms with van der Waals surface area (Å²) in [7, 11) is 0. The number of nitrogens with zero attached hydrogens (tertiary/aromatic N) is 1. The number of ether oxygens (including phenoxy) is 1. The maximum Gasteiger partial charge on any atom is 0.328 e. The van der Waals surface area contributed by atoms with E-state index in [2.05, 4.69) is 10.2 Å². The summed E-state index contributed by atoms with van der Waals surface area (Å²) in [6, 6.07) is 13.9. The number of carboxylic acid groups (broad SMARTS) is 1. The number of nitrogens with one attached hydrogen (secondary N) is 1. The molecule has 0 aromatic heterocycles. The van der Waals surface area contributed by atoms with Gasteiger partial charge in [-0.2, -0.15) is 0 Å². The number of hydrogen-bond acceptors (Lipinski definition) is 4. The van der Waals surface area contributed by atoms with Gasteiger partial charge in [0.15, 0.2) is 0 Å². The lowest BCUT2D eigenvalue weighted by Gasteiger charge is -2.26. The Labute approximate surface area is 157 Å². The predicted octanol–water partition coefficient (Wildman–Crippen LogP) is 3.99. The van der Waals surface area contributed by atoms with Crippen molar-refractivity contribution in [3.63, 3.8) is 0 Å². The molecule has 0 fully saturated rings. The van der Waals surface area contributed by atoms with Gasteiger partial charge in [0.1, 0.15) is 12.4 Å². The van der Waals surface area contributed by atoms with Crippen molar-refractivity contribution in [1.82, 2.24) is 5.32 Å². The van der Waals surface area contributed by atoms with E-state index in [1.54, 1.807) is 6.08 Å². The van der Waals surface area contributed by atoms with Crippen molar-refractivity contribution in [2.45, 2.75) is 13.0 Å². The van der Waals surface area contributed by atoms with Crippen molar-refractivity contribution in [3.8, 4) is 5.75 Å². The monoisotopic (exact) mass is 372 g/mol. The highest BCUT2D eigenvalue weighted by Gasteiger charge is 2.21. The molecule has 0 bridgehead atoms. The Balaban J connectivity index is 1.71. The Morgan fingerprint density at radius 2 is 2.12 bits per heavy atom. The van der Waals surface area contributed by atoms with E-state index in [1.807, 2.05) is 42.5 Å². The quantitative estimate of drug-likeness (QED) is 0.568. The van der Waals surface area contributed by atoms with Crippen molar-refractivity contribution < 1.29 is 14.6 Å². The Morgan fingerprint density at radius 1 is 1.27 bits per heavy atom. The predicted molar refractivity (Wildman–Crippen MR) is 103 cm³/mol. The fourth-order valence-corrected chi connectivity index (χ4v) is 3.11. The lowest BCUT2D eigenvalue weighted by Crippen LogP contribution is -2.24. The van der Waals surface area contributed by atoms with Crippen LogP contribution < -0.4 is 15.0 Å². The smallest absolute Gasteiger partial charge is 0.328 e. The highest BCUT2D eigenvalue weighted by atomic mass is 35.5.